The van der Waals surface area contributed by atoms with Gasteiger partial charge in [0.1, 0.15) is 18.1 Å². The van der Waals surface area contributed by atoms with Crippen molar-refractivity contribution in [2.75, 3.05) is 12.4 Å². The Morgan fingerprint density at radius 1 is 1.14 bits per heavy atom. The summed E-state index contributed by atoms with van der Waals surface area (Å²) in [6.45, 7) is 4.67. The summed E-state index contributed by atoms with van der Waals surface area (Å²) >= 11 is 1.23. The van der Waals surface area contributed by atoms with Gasteiger partial charge in [-0.15, -0.1) is 10.2 Å². The Hall–Kier alpha value is -3.00. The highest BCUT2D eigenvalue weighted by molar-refractivity contribution is 7.99. The van der Waals surface area contributed by atoms with Crippen molar-refractivity contribution < 1.29 is 14.3 Å². The predicted molar refractivity (Wildman–Crippen MR) is 108 cm³/mol. The maximum Gasteiger partial charge on any atom is 0.227 e. The number of ether oxygens (including phenoxy) is 2. The number of hydrogen-bond donors (Lipinski definition) is 1. The summed E-state index contributed by atoms with van der Waals surface area (Å²) in [7, 11) is 0. The van der Waals surface area contributed by atoms with Crippen molar-refractivity contribution in [3.05, 3.63) is 59.9 Å². The second kappa shape index (κ2) is 9.27. The molecule has 0 bridgehead atoms. The standard InChI is InChI=1S/C20H22N4O3S/c1-3-26-17-10-5-4-9-16(17)24-19(22-23-20(24)28-13-18(21)25)12-27-15-8-6-7-14(2)11-15/h4-11H,3,12-13H2,1-2H3,(H2,21,25). The number of thioether (sulfide) groups is 1. The molecule has 0 aliphatic carbocycles. The van der Waals surface area contributed by atoms with E-state index >= 15 is 0 Å². The largest absolute Gasteiger partial charge is 0.492 e. The normalized spacial score (nSPS) is 10.6. The summed E-state index contributed by atoms with van der Waals surface area (Å²) in [5.74, 6) is 1.73. The molecule has 3 aromatic rings. The number of aryl methyl sites for hydroxylation is 1. The molecule has 1 heterocycles. The molecule has 0 unspecified atom stereocenters. The van der Waals surface area contributed by atoms with E-state index in [1.807, 2.05) is 66.9 Å². The summed E-state index contributed by atoms with van der Waals surface area (Å²) < 4.78 is 13.5. The van der Waals surface area contributed by atoms with Crippen LogP contribution in [0.5, 0.6) is 11.5 Å². The monoisotopic (exact) mass is 398 g/mol. The van der Waals surface area contributed by atoms with Crippen molar-refractivity contribution in [3.8, 4) is 17.2 Å². The quantitative estimate of drug-likeness (QED) is 0.557. The van der Waals surface area contributed by atoms with Crippen LogP contribution in [0.4, 0.5) is 0 Å². The Labute approximate surface area is 167 Å². The third-order valence-electron chi connectivity index (χ3n) is 3.81. The van der Waals surface area contributed by atoms with Crippen molar-refractivity contribution in [2.45, 2.75) is 25.6 Å². The summed E-state index contributed by atoms with van der Waals surface area (Å²) in [6.07, 6.45) is 0. The van der Waals surface area contributed by atoms with Crippen LogP contribution >= 0.6 is 11.8 Å². The van der Waals surface area contributed by atoms with Crippen LogP contribution in [0.1, 0.15) is 18.3 Å². The number of carbonyl (C=O) groups excluding carboxylic acids is 1. The van der Waals surface area contributed by atoms with Crippen LogP contribution < -0.4 is 15.2 Å². The second-order valence-corrected chi connectivity index (χ2v) is 6.94. The zero-order chi connectivity index (χ0) is 19.9. The summed E-state index contributed by atoms with van der Waals surface area (Å²) in [5, 5.41) is 9.05. The zero-order valence-corrected chi connectivity index (χ0v) is 16.6. The molecule has 3 rings (SSSR count). The van der Waals surface area contributed by atoms with Gasteiger partial charge in [-0.3, -0.25) is 9.36 Å². The third-order valence-corrected chi connectivity index (χ3v) is 4.76. The Kier molecular flexibility index (Phi) is 6.54. The van der Waals surface area contributed by atoms with Crippen molar-refractivity contribution in [2.24, 2.45) is 5.73 Å². The van der Waals surface area contributed by atoms with Gasteiger partial charge < -0.3 is 15.2 Å². The lowest BCUT2D eigenvalue weighted by atomic mass is 10.2. The van der Waals surface area contributed by atoms with Gasteiger partial charge in [0.15, 0.2) is 11.0 Å². The van der Waals surface area contributed by atoms with Gasteiger partial charge in [-0.1, -0.05) is 36.0 Å². The van der Waals surface area contributed by atoms with Gasteiger partial charge in [0.05, 0.1) is 18.0 Å². The highest BCUT2D eigenvalue weighted by Crippen LogP contribution is 2.29. The molecule has 1 amide bonds. The van der Waals surface area contributed by atoms with Gasteiger partial charge in [-0.2, -0.15) is 0 Å². The third kappa shape index (κ3) is 4.83. The van der Waals surface area contributed by atoms with Crippen LogP contribution in [0.25, 0.3) is 5.69 Å². The highest BCUT2D eigenvalue weighted by atomic mass is 32.2. The fourth-order valence-electron chi connectivity index (χ4n) is 2.64. The first-order valence-electron chi connectivity index (χ1n) is 8.85. The number of carbonyl (C=O) groups is 1. The van der Waals surface area contributed by atoms with Crippen molar-refractivity contribution in [1.82, 2.24) is 14.8 Å². The predicted octanol–water partition coefficient (Wildman–Crippen LogP) is 3.13. The van der Waals surface area contributed by atoms with E-state index < -0.39 is 5.91 Å². The second-order valence-electron chi connectivity index (χ2n) is 6.00. The van der Waals surface area contributed by atoms with Crippen LogP contribution in [0.15, 0.2) is 53.7 Å². The topological polar surface area (TPSA) is 92.3 Å². The molecule has 0 fully saturated rings. The van der Waals surface area contributed by atoms with Gasteiger partial charge in [0.2, 0.25) is 5.91 Å². The maximum atomic E-state index is 11.2. The molecule has 0 aliphatic heterocycles. The smallest absolute Gasteiger partial charge is 0.227 e. The van der Waals surface area contributed by atoms with E-state index in [0.29, 0.717) is 23.3 Å². The number of amides is 1. The SMILES string of the molecule is CCOc1ccccc1-n1c(COc2cccc(C)c2)nnc1SCC(N)=O. The van der Waals surface area contributed by atoms with Crippen LogP contribution in [-0.4, -0.2) is 33.0 Å². The molecule has 0 atom stereocenters. The van der Waals surface area contributed by atoms with Gasteiger partial charge in [-0.25, -0.2) is 0 Å². The van der Waals surface area contributed by atoms with E-state index in [9.17, 15) is 4.79 Å². The minimum atomic E-state index is -0.421. The van der Waals surface area contributed by atoms with E-state index in [-0.39, 0.29) is 12.4 Å². The number of nitrogens with zero attached hydrogens (tertiary/aromatic N) is 3. The minimum absolute atomic E-state index is 0.105. The number of nitrogens with two attached hydrogens (primary N) is 1. The van der Waals surface area contributed by atoms with E-state index in [0.717, 1.165) is 17.0 Å². The van der Waals surface area contributed by atoms with E-state index in [4.69, 9.17) is 15.2 Å². The van der Waals surface area contributed by atoms with Crippen molar-refractivity contribution >= 4 is 17.7 Å². The van der Waals surface area contributed by atoms with Crippen LogP contribution in [0, 0.1) is 6.92 Å². The van der Waals surface area contributed by atoms with Gasteiger partial charge in [0.25, 0.3) is 0 Å². The van der Waals surface area contributed by atoms with Gasteiger partial charge >= 0.3 is 0 Å². The summed E-state index contributed by atoms with van der Waals surface area (Å²) in [4.78, 5) is 11.2. The lowest BCUT2D eigenvalue weighted by Gasteiger charge is -2.15. The molecule has 146 valence electrons. The Morgan fingerprint density at radius 3 is 2.71 bits per heavy atom. The van der Waals surface area contributed by atoms with Gasteiger partial charge in [0, 0.05) is 0 Å². The molecule has 8 heteroatoms. The fraction of sp³-hybridized carbons (Fsp3) is 0.250. The zero-order valence-electron chi connectivity index (χ0n) is 15.8. The summed E-state index contributed by atoms with van der Waals surface area (Å²) in [6, 6.07) is 15.4. The first-order chi connectivity index (χ1) is 13.6. The average molecular weight is 398 g/mol. The molecule has 1 aromatic heterocycles. The Morgan fingerprint density at radius 2 is 1.96 bits per heavy atom. The number of hydrogen-bond acceptors (Lipinski definition) is 6. The molecule has 7 nitrogen and oxygen atoms in total. The molecule has 2 aromatic carbocycles. The lowest BCUT2D eigenvalue weighted by Crippen LogP contribution is -2.14. The molecule has 2 N–H and O–H groups in total. The number of benzene rings is 2. The molecule has 0 aliphatic rings. The molecule has 0 spiro atoms. The van der Waals surface area contributed by atoms with Crippen LogP contribution in [0.2, 0.25) is 0 Å². The average Bonchev–Trinajstić information content (AvgIpc) is 3.08. The van der Waals surface area contributed by atoms with Crippen molar-refractivity contribution in [1.29, 1.82) is 0 Å². The maximum absolute atomic E-state index is 11.2. The van der Waals surface area contributed by atoms with E-state index in [2.05, 4.69) is 10.2 Å². The van der Waals surface area contributed by atoms with E-state index in [1.165, 1.54) is 11.8 Å². The van der Waals surface area contributed by atoms with Crippen LogP contribution in [-0.2, 0) is 11.4 Å². The molecule has 0 radical (unpaired) electrons. The number of primary amides is 1. The summed E-state index contributed by atoms with van der Waals surface area (Å²) in [5.41, 5.74) is 7.19. The molecule has 0 saturated carbocycles. The van der Waals surface area contributed by atoms with E-state index in [1.54, 1.807) is 0 Å². The number of para-hydroxylation sites is 2. The molecular weight excluding hydrogens is 376 g/mol. The first-order valence-corrected chi connectivity index (χ1v) is 9.84. The Bertz CT molecular complexity index is 958. The lowest BCUT2D eigenvalue weighted by molar-refractivity contribution is -0.115. The van der Waals surface area contributed by atoms with Crippen molar-refractivity contribution in [3.63, 3.8) is 0 Å². The van der Waals surface area contributed by atoms with Gasteiger partial charge in [-0.05, 0) is 43.7 Å². The Balaban J connectivity index is 1.95. The molecular formula is C20H22N4O3S. The molecule has 0 saturated heterocycles. The molecule has 28 heavy (non-hydrogen) atoms. The fourth-order valence-corrected chi connectivity index (χ4v) is 3.34. The first kappa shape index (κ1) is 19.8. The van der Waals surface area contributed by atoms with Crippen LogP contribution in [0.3, 0.4) is 0 Å². The highest BCUT2D eigenvalue weighted by Gasteiger charge is 2.18. The number of aromatic nitrogens is 3. The minimum Gasteiger partial charge on any atom is -0.492 e. The number of rotatable bonds is 9.